The van der Waals surface area contributed by atoms with Crippen LogP contribution in [0.2, 0.25) is 0 Å². The Morgan fingerprint density at radius 1 is 1.00 bits per heavy atom. The number of aromatic nitrogens is 2. The molecule has 1 saturated heterocycles. The Kier molecular flexibility index (Phi) is 5.59. The number of benzene rings is 1. The first-order chi connectivity index (χ1) is 13.1. The Hall–Kier alpha value is -2.63. The predicted molar refractivity (Wildman–Crippen MR) is 114 cm³/mol. The fraction of sp³-hybridized carbons (Fsp3) is 0.500. The smallest absolute Gasteiger partial charge is 0.253 e. The summed E-state index contributed by atoms with van der Waals surface area (Å²) in [6.45, 7) is 11.4. The van der Waals surface area contributed by atoms with Gasteiger partial charge in [-0.1, -0.05) is 32.9 Å². The van der Waals surface area contributed by atoms with Crippen LogP contribution in [0.5, 0.6) is 0 Å². The van der Waals surface area contributed by atoms with Crippen molar-refractivity contribution in [2.24, 2.45) is 0 Å². The van der Waals surface area contributed by atoms with E-state index in [1.807, 2.05) is 49.0 Å². The van der Waals surface area contributed by atoms with E-state index >= 15 is 0 Å². The number of nitrogens with zero attached hydrogens (tertiary/aromatic N) is 5. The SMILES string of the molecule is Cc1nc(N(C)C)cc(N2CCN(C(=O)c3ccc(C(C)(C)C)cc3)CC2)n1. The topological polar surface area (TPSA) is 52.6 Å². The Labute approximate surface area is 168 Å². The van der Waals surface area contributed by atoms with Gasteiger partial charge in [0.1, 0.15) is 17.5 Å². The summed E-state index contributed by atoms with van der Waals surface area (Å²) in [6.07, 6.45) is 0. The van der Waals surface area contributed by atoms with Gasteiger partial charge >= 0.3 is 0 Å². The summed E-state index contributed by atoms with van der Waals surface area (Å²) in [5.74, 6) is 2.70. The second kappa shape index (κ2) is 7.78. The Morgan fingerprint density at radius 3 is 2.14 bits per heavy atom. The second-order valence-electron chi connectivity index (χ2n) is 8.63. The first-order valence-electron chi connectivity index (χ1n) is 9.83. The minimum Gasteiger partial charge on any atom is -0.363 e. The van der Waals surface area contributed by atoms with E-state index in [1.54, 1.807) is 0 Å². The predicted octanol–water partition coefficient (Wildman–Crippen LogP) is 3.11. The number of carbonyl (C=O) groups excluding carboxylic acids is 1. The molecule has 28 heavy (non-hydrogen) atoms. The van der Waals surface area contributed by atoms with E-state index in [0.29, 0.717) is 13.1 Å². The third-order valence-electron chi connectivity index (χ3n) is 5.16. The summed E-state index contributed by atoms with van der Waals surface area (Å²) < 4.78 is 0. The van der Waals surface area contributed by atoms with E-state index in [0.717, 1.165) is 36.1 Å². The van der Waals surface area contributed by atoms with E-state index in [-0.39, 0.29) is 11.3 Å². The number of piperazine rings is 1. The Morgan fingerprint density at radius 2 is 1.61 bits per heavy atom. The molecule has 1 aliphatic heterocycles. The van der Waals surface area contributed by atoms with E-state index in [9.17, 15) is 4.79 Å². The quantitative estimate of drug-likeness (QED) is 0.818. The zero-order valence-corrected chi connectivity index (χ0v) is 17.9. The van der Waals surface area contributed by atoms with E-state index in [2.05, 4.69) is 47.8 Å². The molecule has 1 aliphatic rings. The third-order valence-corrected chi connectivity index (χ3v) is 5.16. The zero-order valence-electron chi connectivity index (χ0n) is 17.9. The summed E-state index contributed by atoms with van der Waals surface area (Å²) >= 11 is 0. The van der Waals surface area contributed by atoms with Crippen LogP contribution in [0.1, 0.15) is 42.5 Å². The highest BCUT2D eigenvalue weighted by Gasteiger charge is 2.24. The molecule has 0 aliphatic carbocycles. The largest absolute Gasteiger partial charge is 0.363 e. The van der Waals surface area contributed by atoms with Crippen LogP contribution in [0.25, 0.3) is 0 Å². The lowest BCUT2D eigenvalue weighted by Crippen LogP contribution is -2.49. The van der Waals surface area contributed by atoms with E-state index in [4.69, 9.17) is 0 Å². The maximum Gasteiger partial charge on any atom is 0.253 e. The third kappa shape index (κ3) is 4.43. The van der Waals surface area contributed by atoms with Gasteiger partial charge in [0.15, 0.2) is 0 Å². The molecule has 2 aromatic rings. The molecule has 0 atom stereocenters. The van der Waals surface area contributed by atoms with Crippen LogP contribution >= 0.6 is 0 Å². The van der Waals surface area contributed by atoms with Crippen molar-refractivity contribution in [3.05, 3.63) is 47.3 Å². The average molecular weight is 382 g/mol. The number of carbonyl (C=O) groups is 1. The molecule has 1 aromatic carbocycles. The summed E-state index contributed by atoms with van der Waals surface area (Å²) in [5, 5.41) is 0. The molecule has 0 bridgehead atoms. The molecule has 2 heterocycles. The maximum absolute atomic E-state index is 12.9. The van der Waals surface area contributed by atoms with Gasteiger partial charge in [-0.25, -0.2) is 9.97 Å². The molecule has 0 radical (unpaired) electrons. The highest BCUT2D eigenvalue weighted by Crippen LogP contribution is 2.23. The van der Waals surface area contributed by atoms with Gasteiger partial charge < -0.3 is 14.7 Å². The molecule has 1 aromatic heterocycles. The standard InChI is InChI=1S/C22H31N5O/c1-16-23-19(25(5)6)15-20(24-16)26-11-13-27(14-12-26)21(28)17-7-9-18(10-8-17)22(2,3)4/h7-10,15H,11-14H2,1-6H3. The van der Waals surface area contributed by atoms with Crippen LogP contribution in [0.3, 0.4) is 0 Å². The maximum atomic E-state index is 12.9. The number of anilines is 2. The number of hydrogen-bond acceptors (Lipinski definition) is 5. The number of aryl methyl sites for hydroxylation is 1. The van der Waals surface area contributed by atoms with Crippen molar-refractivity contribution in [2.45, 2.75) is 33.1 Å². The van der Waals surface area contributed by atoms with Crippen molar-refractivity contribution in [2.75, 3.05) is 50.1 Å². The molecule has 6 nitrogen and oxygen atoms in total. The summed E-state index contributed by atoms with van der Waals surface area (Å²) in [7, 11) is 3.96. The van der Waals surface area contributed by atoms with Crippen LogP contribution in [-0.2, 0) is 5.41 Å². The molecule has 0 unspecified atom stereocenters. The van der Waals surface area contributed by atoms with Crippen LogP contribution in [0.4, 0.5) is 11.6 Å². The average Bonchev–Trinajstić information content (AvgIpc) is 2.66. The van der Waals surface area contributed by atoms with Gasteiger partial charge in [0.2, 0.25) is 0 Å². The van der Waals surface area contributed by atoms with Crippen molar-refractivity contribution in [3.63, 3.8) is 0 Å². The first-order valence-corrected chi connectivity index (χ1v) is 9.83. The lowest BCUT2D eigenvalue weighted by atomic mass is 9.86. The molecule has 3 rings (SSSR count). The lowest BCUT2D eigenvalue weighted by molar-refractivity contribution is 0.0746. The molecule has 0 spiro atoms. The summed E-state index contributed by atoms with van der Waals surface area (Å²) in [4.78, 5) is 28.1. The molecule has 0 N–H and O–H groups in total. The normalized spacial score (nSPS) is 14.9. The van der Waals surface area contributed by atoms with Crippen LogP contribution in [0.15, 0.2) is 30.3 Å². The van der Waals surface area contributed by atoms with Gasteiger partial charge in [0.25, 0.3) is 5.91 Å². The van der Waals surface area contributed by atoms with Gasteiger partial charge in [-0.05, 0) is 30.0 Å². The van der Waals surface area contributed by atoms with Crippen LogP contribution < -0.4 is 9.80 Å². The highest BCUT2D eigenvalue weighted by molar-refractivity contribution is 5.94. The summed E-state index contributed by atoms with van der Waals surface area (Å²) in [6, 6.07) is 10.0. The molecule has 6 heteroatoms. The number of amides is 1. The minimum absolute atomic E-state index is 0.0916. The Bertz CT molecular complexity index is 831. The van der Waals surface area contributed by atoms with E-state index < -0.39 is 0 Å². The van der Waals surface area contributed by atoms with Crippen molar-refractivity contribution in [3.8, 4) is 0 Å². The van der Waals surface area contributed by atoms with Crippen LogP contribution in [-0.4, -0.2) is 61.0 Å². The van der Waals surface area contributed by atoms with Gasteiger partial charge in [0, 0.05) is 51.9 Å². The highest BCUT2D eigenvalue weighted by atomic mass is 16.2. The van der Waals surface area contributed by atoms with Crippen molar-refractivity contribution in [1.82, 2.24) is 14.9 Å². The van der Waals surface area contributed by atoms with Gasteiger partial charge in [-0.3, -0.25) is 4.79 Å². The number of hydrogen-bond donors (Lipinski definition) is 0. The fourth-order valence-electron chi connectivity index (χ4n) is 3.36. The van der Waals surface area contributed by atoms with E-state index in [1.165, 1.54) is 5.56 Å². The molecular formula is C22H31N5O. The zero-order chi connectivity index (χ0) is 20.5. The molecule has 0 saturated carbocycles. The van der Waals surface area contributed by atoms with Gasteiger partial charge in [-0.15, -0.1) is 0 Å². The second-order valence-corrected chi connectivity index (χ2v) is 8.63. The fourth-order valence-corrected chi connectivity index (χ4v) is 3.36. The van der Waals surface area contributed by atoms with Gasteiger partial charge in [-0.2, -0.15) is 0 Å². The molecular weight excluding hydrogens is 350 g/mol. The minimum atomic E-state index is 0.0916. The number of rotatable bonds is 3. The first kappa shape index (κ1) is 20.1. The van der Waals surface area contributed by atoms with Gasteiger partial charge in [0.05, 0.1) is 0 Å². The molecule has 1 amide bonds. The van der Waals surface area contributed by atoms with Crippen molar-refractivity contribution >= 4 is 17.5 Å². The molecule has 1 fully saturated rings. The molecule has 150 valence electrons. The monoisotopic (exact) mass is 381 g/mol. The summed E-state index contributed by atoms with van der Waals surface area (Å²) in [5.41, 5.74) is 2.09. The van der Waals surface area contributed by atoms with Crippen molar-refractivity contribution in [1.29, 1.82) is 0 Å². The van der Waals surface area contributed by atoms with Crippen LogP contribution in [0, 0.1) is 6.92 Å². The van der Waals surface area contributed by atoms with Crippen molar-refractivity contribution < 1.29 is 4.79 Å². The lowest BCUT2D eigenvalue weighted by Gasteiger charge is -2.35. The Balaban J connectivity index is 1.66.